The first kappa shape index (κ1) is 12.5. The van der Waals surface area contributed by atoms with Crippen molar-refractivity contribution >= 4 is 5.82 Å². The van der Waals surface area contributed by atoms with Crippen molar-refractivity contribution in [3.63, 3.8) is 0 Å². The van der Waals surface area contributed by atoms with Crippen molar-refractivity contribution in [1.82, 2.24) is 9.78 Å². The Labute approximate surface area is 107 Å². The first-order valence-corrected chi connectivity index (χ1v) is 5.91. The molecule has 1 heterocycles. The molecule has 4 nitrogen and oxygen atoms in total. The van der Waals surface area contributed by atoms with Gasteiger partial charge in [-0.15, -0.1) is 0 Å². The zero-order valence-corrected chi connectivity index (χ0v) is 11.5. The molecule has 0 radical (unpaired) electrons. The first-order chi connectivity index (χ1) is 8.47. The maximum atomic E-state index is 5.87. The molecule has 96 valence electrons. The number of nitrogens with two attached hydrogens (primary N) is 1. The second kappa shape index (κ2) is 4.37. The summed E-state index contributed by atoms with van der Waals surface area (Å²) in [4.78, 5) is 0. The lowest BCUT2D eigenvalue weighted by atomic mass is 9.98. The van der Waals surface area contributed by atoms with Crippen LogP contribution in [0.2, 0.25) is 0 Å². The summed E-state index contributed by atoms with van der Waals surface area (Å²) in [7, 11) is 3.60. The summed E-state index contributed by atoms with van der Waals surface area (Å²) < 4.78 is 7.17. The van der Waals surface area contributed by atoms with E-state index in [0.717, 1.165) is 28.1 Å². The van der Waals surface area contributed by atoms with Gasteiger partial charge < -0.3 is 10.5 Å². The molecule has 0 aliphatic rings. The van der Waals surface area contributed by atoms with Crippen molar-refractivity contribution in [3.05, 3.63) is 28.8 Å². The van der Waals surface area contributed by atoms with Gasteiger partial charge in [-0.3, -0.25) is 4.68 Å². The van der Waals surface area contributed by atoms with Crippen LogP contribution in [0.3, 0.4) is 0 Å². The summed E-state index contributed by atoms with van der Waals surface area (Å²) in [5.74, 6) is 1.49. The zero-order chi connectivity index (χ0) is 13.4. The first-order valence-electron chi connectivity index (χ1n) is 5.91. The normalized spacial score (nSPS) is 10.7. The van der Waals surface area contributed by atoms with Gasteiger partial charge in [0.15, 0.2) is 0 Å². The van der Waals surface area contributed by atoms with Gasteiger partial charge in [0.1, 0.15) is 11.6 Å². The Hall–Kier alpha value is -1.97. The third kappa shape index (κ3) is 1.74. The lowest BCUT2D eigenvalue weighted by Gasteiger charge is -2.13. The molecule has 2 rings (SSSR count). The Morgan fingerprint density at radius 3 is 2.28 bits per heavy atom. The Balaban J connectivity index is 2.69. The van der Waals surface area contributed by atoms with E-state index in [9.17, 15) is 0 Å². The van der Waals surface area contributed by atoms with E-state index in [2.05, 4.69) is 25.0 Å². The molecule has 1 aromatic heterocycles. The Morgan fingerprint density at radius 1 is 1.11 bits per heavy atom. The minimum absolute atomic E-state index is 0.584. The Morgan fingerprint density at radius 2 is 1.78 bits per heavy atom. The maximum absolute atomic E-state index is 5.87. The minimum Gasteiger partial charge on any atom is -0.496 e. The van der Waals surface area contributed by atoms with E-state index in [1.807, 2.05) is 24.7 Å². The van der Waals surface area contributed by atoms with Crippen LogP contribution in [-0.2, 0) is 7.05 Å². The highest BCUT2D eigenvalue weighted by atomic mass is 16.5. The predicted molar refractivity (Wildman–Crippen MR) is 73.8 cm³/mol. The molecule has 0 aliphatic carbocycles. The van der Waals surface area contributed by atoms with Crippen LogP contribution in [0, 0.1) is 20.8 Å². The lowest BCUT2D eigenvalue weighted by Crippen LogP contribution is -1.99. The molecule has 2 N–H and O–H groups in total. The van der Waals surface area contributed by atoms with Crippen LogP contribution in [0.4, 0.5) is 5.82 Å². The number of aromatic nitrogens is 2. The highest BCUT2D eigenvalue weighted by Gasteiger charge is 2.16. The van der Waals surface area contributed by atoms with E-state index in [0.29, 0.717) is 5.82 Å². The molecule has 2 aromatic rings. The van der Waals surface area contributed by atoms with Gasteiger partial charge in [0.2, 0.25) is 0 Å². The number of nitrogen functional groups attached to an aromatic ring is 1. The fourth-order valence-corrected chi connectivity index (χ4v) is 2.30. The van der Waals surface area contributed by atoms with E-state index >= 15 is 0 Å². The topological polar surface area (TPSA) is 53.1 Å². The van der Waals surface area contributed by atoms with Gasteiger partial charge in [0.25, 0.3) is 0 Å². The summed E-state index contributed by atoms with van der Waals surface area (Å²) in [6.45, 7) is 6.15. The Bertz CT molecular complexity index is 600. The highest BCUT2D eigenvalue weighted by Crippen LogP contribution is 2.33. The largest absolute Gasteiger partial charge is 0.496 e. The summed E-state index contributed by atoms with van der Waals surface area (Å²) in [6.07, 6.45) is 0. The molecule has 0 bridgehead atoms. The van der Waals surface area contributed by atoms with Crippen molar-refractivity contribution in [2.75, 3.05) is 12.8 Å². The number of ether oxygens (including phenoxy) is 1. The smallest absolute Gasteiger partial charge is 0.148 e. The van der Waals surface area contributed by atoms with E-state index < -0.39 is 0 Å². The highest BCUT2D eigenvalue weighted by molar-refractivity contribution is 5.73. The van der Waals surface area contributed by atoms with Gasteiger partial charge in [0, 0.05) is 18.2 Å². The van der Waals surface area contributed by atoms with Crippen LogP contribution in [0.25, 0.3) is 11.3 Å². The Kier molecular flexibility index (Phi) is 3.03. The molecular formula is C14H19N3O. The number of hydrogen-bond acceptors (Lipinski definition) is 3. The quantitative estimate of drug-likeness (QED) is 0.884. The van der Waals surface area contributed by atoms with Crippen molar-refractivity contribution in [2.24, 2.45) is 7.05 Å². The summed E-state index contributed by atoms with van der Waals surface area (Å²) in [5, 5.41) is 4.26. The van der Waals surface area contributed by atoms with Crippen molar-refractivity contribution in [3.8, 4) is 17.0 Å². The van der Waals surface area contributed by atoms with E-state index in [-0.39, 0.29) is 0 Å². The second-order valence-corrected chi connectivity index (χ2v) is 4.55. The van der Waals surface area contributed by atoms with Gasteiger partial charge in [-0.2, -0.15) is 5.10 Å². The van der Waals surface area contributed by atoms with E-state index in [4.69, 9.17) is 10.5 Å². The fraction of sp³-hybridized carbons (Fsp3) is 0.357. The molecule has 0 amide bonds. The zero-order valence-electron chi connectivity index (χ0n) is 11.5. The van der Waals surface area contributed by atoms with Gasteiger partial charge >= 0.3 is 0 Å². The van der Waals surface area contributed by atoms with Gasteiger partial charge in [-0.05, 0) is 44.0 Å². The molecule has 18 heavy (non-hydrogen) atoms. The van der Waals surface area contributed by atoms with Crippen molar-refractivity contribution in [1.29, 1.82) is 0 Å². The molecule has 0 aliphatic heterocycles. The lowest BCUT2D eigenvalue weighted by molar-refractivity contribution is 0.411. The van der Waals surface area contributed by atoms with Crippen LogP contribution in [0.15, 0.2) is 12.1 Å². The number of nitrogens with zero attached hydrogens (tertiary/aromatic N) is 2. The van der Waals surface area contributed by atoms with Crippen LogP contribution in [0.1, 0.15) is 16.7 Å². The number of hydrogen-bond donors (Lipinski definition) is 1. The van der Waals surface area contributed by atoms with E-state index in [1.54, 1.807) is 7.11 Å². The molecule has 4 heteroatoms. The SMILES string of the molecule is COc1ccc(-c2c(C)c(N)nn2C)c(C)c1C. The average molecular weight is 245 g/mol. The minimum atomic E-state index is 0.584. The van der Waals surface area contributed by atoms with Crippen LogP contribution in [0.5, 0.6) is 5.75 Å². The third-order valence-electron chi connectivity index (χ3n) is 3.53. The summed E-state index contributed by atoms with van der Waals surface area (Å²) in [6, 6.07) is 4.05. The molecule has 0 fully saturated rings. The molecule has 0 atom stereocenters. The third-order valence-corrected chi connectivity index (χ3v) is 3.53. The van der Waals surface area contributed by atoms with Crippen LogP contribution >= 0.6 is 0 Å². The number of aryl methyl sites for hydroxylation is 1. The second-order valence-electron chi connectivity index (χ2n) is 4.55. The van der Waals surface area contributed by atoms with Gasteiger partial charge in [-0.1, -0.05) is 0 Å². The maximum Gasteiger partial charge on any atom is 0.148 e. The number of rotatable bonds is 2. The van der Waals surface area contributed by atoms with Crippen LogP contribution < -0.4 is 10.5 Å². The summed E-state index contributed by atoms with van der Waals surface area (Å²) in [5.41, 5.74) is 11.4. The number of anilines is 1. The molecule has 1 aromatic carbocycles. The molecule has 0 saturated heterocycles. The molecule has 0 spiro atoms. The summed E-state index contributed by atoms with van der Waals surface area (Å²) >= 11 is 0. The van der Waals surface area contributed by atoms with Crippen LogP contribution in [-0.4, -0.2) is 16.9 Å². The molecule has 0 saturated carbocycles. The molecule has 0 unspecified atom stereocenters. The standard InChI is InChI=1S/C14H19N3O/c1-8-9(2)12(18-5)7-6-11(8)13-10(3)14(15)16-17(13)4/h6-7H,1-5H3,(H2,15,16). The average Bonchev–Trinajstić information content (AvgIpc) is 2.58. The van der Waals surface area contributed by atoms with Gasteiger partial charge in [-0.25, -0.2) is 0 Å². The van der Waals surface area contributed by atoms with Gasteiger partial charge in [0.05, 0.1) is 12.8 Å². The number of benzene rings is 1. The van der Waals surface area contributed by atoms with E-state index in [1.165, 1.54) is 5.56 Å². The predicted octanol–water partition coefficient (Wildman–Crippen LogP) is 2.60. The van der Waals surface area contributed by atoms with Crippen molar-refractivity contribution < 1.29 is 4.74 Å². The monoisotopic (exact) mass is 245 g/mol. The number of methoxy groups -OCH3 is 1. The fourth-order valence-electron chi connectivity index (χ4n) is 2.30. The van der Waals surface area contributed by atoms with Crippen molar-refractivity contribution in [2.45, 2.75) is 20.8 Å². The molecular weight excluding hydrogens is 226 g/mol.